The fourth-order valence-corrected chi connectivity index (χ4v) is 2.82. The fourth-order valence-electron chi connectivity index (χ4n) is 2.82. The van der Waals surface area contributed by atoms with Gasteiger partial charge in [0.25, 0.3) is 0 Å². The second kappa shape index (κ2) is 3.00. The molecule has 1 amide bonds. The smallest absolute Gasteiger partial charge is 0.219 e. The van der Waals surface area contributed by atoms with Gasteiger partial charge in [-0.25, -0.2) is 0 Å². The summed E-state index contributed by atoms with van der Waals surface area (Å²) < 4.78 is 0. The van der Waals surface area contributed by atoms with Crippen LogP contribution in [0.4, 0.5) is 0 Å². The van der Waals surface area contributed by atoms with Gasteiger partial charge in [-0.05, 0) is 30.6 Å². The summed E-state index contributed by atoms with van der Waals surface area (Å²) in [6.45, 7) is 6.07. The lowest BCUT2D eigenvalue weighted by Gasteiger charge is -2.53. The Balaban J connectivity index is 2.05. The highest BCUT2D eigenvalue weighted by Crippen LogP contribution is 2.50. The minimum absolute atomic E-state index is 0.262. The predicted octanol–water partition coefficient (Wildman–Crippen LogP) is 2.04. The van der Waals surface area contributed by atoms with Crippen molar-refractivity contribution in [3.8, 4) is 0 Å². The van der Waals surface area contributed by atoms with Gasteiger partial charge in [0.05, 0.1) is 0 Å². The number of carbonyl (C=O) groups is 1. The summed E-state index contributed by atoms with van der Waals surface area (Å²) in [5.41, 5.74) is 0.518. The second-order valence-corrected chi connectivity index (χ2v) is 4.85. The summed E-state index contributed by atoms with van der Waals surface area (Å²) in [6.07, 6.45) is 5.27. The van der Waals surface area contributed by atoms with Crippen molar-refractivity contribution in [2.24, 2.45) is 11.3 Å². The molecule has 2 rings (SSSR count). The molecule has 2 aliphatic rings. The van der Waals surface area contributed by atoms with Crippen molar-refractivity contribution >= 4 is 5.91 Å². The quantitative estimate of drug-likeness (QED) is 0.560. The molecule has 13 heavy (non-hydrogen) atoms. The van der Waals surface area contributed by atoms with Crippen LogP contribution in [0.25, 0.3) is 0 Å². The topological polar surface area (TPSA) is 20.3 Å². The number of piperidine rings is 1. The van der Waals surface area contributed by atoms with Crippen molar-refractivity contribution in [1.82, 2.24) is 4.90 Å². The van der Waals surface area contributed by atoms with Crippen molar-refractivity contribution in [2.75, 3.05) is 13.1 Å². The lowest BCUT2D eigenvalue weighted by molar-refractivity contribution is -0.136. The zero-order valence-corrected chi connectivity index (χ0v) is 8.68. The largest absolute Gasteiger partial charge is 0.342 e. The maximum absolute atomic E-state index is 11.3. The van der Waals surface area contributed by atoms with E-state index in [0.29, 0.717) is 5.41 Å². The summed E-state index contributed by atoms with van der Waals surface area (Å²) in [5.74, 6) is 1.09. The minimum Gasteiger partial charge on any atom is -0.342 e. The third kappa shape index (κ3) is 1.36. The molecule has 1 heterocycles. The Bertz CT molecular complexity index is 220. The molecule has 0 bridgehead atoms. The molecule has 1 unspecified atom stereocenters. The number of nitrogens with zero attached hydrogens (tertiary/aromatic N) is 1. The molecule has 2 fully saturated rings. The normalized spacial score (nSPS) is 31.5. The standard InChI is InChI=1S/C11H19NO/c1-9-4-7-12(10(2)13)8-11(9)5-3-6-11/h9H,3-8H2,1-2H3. The highest BCUT2D eigenvalue weighted by Gasteiger charge is 2.45. The van der Waals surface area contributed by atoms with Gasteiger partial charge in [-0.3, -0.25) is 4.79 Å². The first kappa shape index (κ1) is 9.04. The number of hydrogen-bond donors (Lipinski definition) is 0. The van der Waals surface area contributed by atoms with Crippen LogP contribution in [0.3, 0.4) is 0 Å². The van der Waals surface area contributed by atoms with Gasteiger partial charge < -0.3 is 4.90 Å². The van der Waals surface area contributed by atoms with Crippen molar-refractivity contribution in [1.29, 1.82) is 0 Å². The van der Waals surface area contributed by atoms with Crippen LogP contribution in [0.2, 0.25) is 0 Å². The zero-order chi connectivity index (χ0) is 9.47. The molecule has 0 aromatic rings. The molecule has 1 saturated heterocycles. The van der Waals surface area contributed by atoms with Crippen LogP contribution in [0, 0.1) is 11.3 Å². The van der Waals surface area contributed by atoms with E-state index in [4.69, 9.17) is 0 Å². The monoisotopic (exact) mass is 181 g/mol. The third-order valence-electron chi connectivity index (χ3n) is 4.18. The molecular weight excluding hydrogens is 162 g/mol. The first-order valence-electron chi connectivity index (χ1n) is 5.40. The van der Waals surface area contributed by atoms with Gasteiger partial charge in [0.15, 0.2) is 0 Å². The molecule has 1 aliphatic heterocycles. The van der Waals surface area contributed by atoms with Crippen LogP contribution in [0.1, 0.15) is 39.5 Å². The number of rotatable bonds is 0. The van der Waals surface area contributed by atoms with Gasteiger partial charge in [0.1, 0.15) is 0 Å². The molecule has 74 valence electrons. The molecule has 1 aliphatic carbocycles. The van der Waals surface area contributed by atoms with E-state index < -0.39 is 0 Å². The van der Waals surface area contributed by atoms with E-state index in [0.717, 1.165) is 19.0 Å². The maximum atomic E-state index is 11.3. The maximum Gasteiger partial charge on any atom is 0.219 e. The van der Waals surface area contributed by atoms with Crippen LogP contribution in [0.15, 0.2) is 0 Å². The van der Waals surface area contributed by atoms with Crippen molar-refractivity contribution in [3.63, 3.8) is 0 Å². The Morgan fingerprint density at radius 1 is 1.46 bits per heavy atom. The summed E-state index contributed by atoms with van der Waals surface area (Å²) in [6, 6.07) is 0. The van der Waals surface area contributed by atoms with Crippen LogP contribution in [-0.4, -0.2) is 23.9 Å². The molecule has 0 N–H and O–H groups in total. The predicted molar refractivity (Wildman–Crippen MR) is 52.3 cm³/mol. The Morgan fingerprint density at radius 2 is 2.15 bits per heavy atom. The highest BCUT2D eigenvalue weighted by molar-refractivity contribution is 5.73. The Labute approximate surface area is 80.3 Å². The average molecular weight is 181 g/mol. The molecule has 2 nitrogen and oxygen atoms in total. The first-order chi connectivity index (χ1) is 6.14. The molecule has 2 heteroatoms. The number of likely N-dealkylation sites (tertiary alicyclic amines) is 1. The molecular formula is C11H19NO. The zero-order valence-electron chi connectivity index (χ0n) is 8.68. The van der Waals surface area contributed by atoms with Gasteiger partial charge in [0.2, 0.25) is 5.91 Å². The van der Waals surface area contributed by atoms with Crippen molar-refractivity contribution in [2.45, 2.75) is 39.5 Å². The lowest BCUT2D eigenvalue weighted by atomic mass is 9.59. The van der Waals surface area contributed by atoms with E-state index >= 15 is 0 Å². The summed E-state index contributed by atoms with van der Waals surface area (Å²) in [7, 11) is 0. The van der Waals surface area contributed by atoms with E-state index in [1.165, 1.54) is 25.7 Å². The Morgan fingerprint density at radius 3 is 2.62 bits per heavy atom. The van der Waals surface area contributed by atoms with Crippen LogP contribution in [-0.2, 0) is 4.79 Å². The minimum atomic E-state index is 0.262. The molecule has 0 aromatic carbocycles. The van der Waals surface area contributed by atoms with Gasteiger partial charge >= 0.3 is 0 Å². The van der Waals surface area contributed by atoms with Crippen LogP contribution in [0.5, 0.6) is 0 Å². The molecule has 0 aromatic heterocycles. The number of hydrogen-bond acceptors (Lipinski definition) is 1. The van der Waals surface area contributed by atoms with E-state index in [-0.39, 0.29) is 5.91 Å². The summed E-state index contributed by atoms with van der Waals surface area (Å²) in [5, 5.41) is 0. The summed E-state index contributed by atoms with van der Waals surface area (Å²) >= 11 is 0. The highest BCUT2D eigenvalue weighted by atomic mass is 16.2. The van der Waals surface area contributed by atoms with E-state index in [1.807, 2.05) is 4.90 Å². The van der Waals surface area contributed by atoms with E-state index in [9.17, 15) is 4.79 Å². The van der Waals surface area contributed by atoms with E-state index in [1.54, 1.807) is 6.92 Å². The van der Waals surface area contributed by atoms with E-state index in [2.05, 4.69) is 6.92 Å². The van der Waals surface area contributed by atoms with Gasteiger partial charge in [-0.1, -0.05) is 13.3 Å². The second-order valence-electron chi connectivity index (χ2n) is 4.85. The Kier molecular flexibility index (Phi) is 2.09. The SMILES string of the molecule is CC(=O)N1CCC(C)C2(CCC2)C1. The third-order valence-corrected chi connectivity index (χ3v) is 4.18. The lowest BCUT2D eigenvalue weighted by Crippen LogP contribution is -2.52. The average Bonchev–Trinajstić information content (AvgIpc) is 2.02. The fraction of sp³-hybridized carbons (Fsp3) is 0.909. The molecule has 1 atom stereocenters. The van der Waals surface area contributed by atoms with Crippen molar-refractivity contribution in [3.05, 3.63) is 0 Å². The van der Waals surface area contributed by atoms with Gasteiger partial charge in [-0.2, -0.15) is 0 Å². The first-order valence-corrected chi connectivity index (χ1v) is 5.40. The van der Waals surface area contributed by atoms with Gasteiger partial charge in [-0.15, -0.1) is 0 Å². The summed E-state index contributed by atoms with van der Waals surface area (Å²) in [4.78, 5) is 13.3. The molecule has 1 saturated carbocycles. The Hall–Kier alpha value is -0.530. The van der Waals surface area contributed by atoms with Crippen LogP contribution < -0.4 is 0 Å². The van der Waals surface area contributed by atoms with Crippen LogP contribution >= 0.6 is 0 Å². The molecule has 1 spiro atoms. The number of carbonyl (C=O) groups excluding carboxylic acids is 1. The van der Waals surface area contributed by atoms with Crippen molar-refractivity contribution < 1.29 is 4.79 Å². The molecule has 0 radical (unpaired) electrons. The number of amides is 1. The van der Waals surface area contributed by atoms with Gasteiger partial charge in [0, 0.05) is 20.0 Å².